The zero-order valence-electron chi connectivity index (χ0n) is 12.4. The van der Waals surface area contributed by atoms with Crippen molar-refractivity contribution in [2.75, 3.05) is 26.8 Å². The Hall–Kier alpha value is -1.75. The van der Waals surface area contributed by atoms with E-state index in [4.69, 9.17) is 15.2 Å². The summed E-state index contributed by atoms with van der Waals surface area (Å²) < 4.78 is 10.9. The molecule has 3 N–H and O–H groups in total. The average Bonchev–Trinajstić information content (AvgIpc) is 2.44. The van der Waals surface area contributed by atoms with Crippen molar-refractivity contribution < 1.29 is 14.3 Å². The number of benzene rings is 1. The minimum Gasteiger partial charge on any atom is -0.493 e. The number of nitrogens with one attached hydrogen (secondary N) is 1. The molecule has 0 spiro atoms. The molecule has 0 unspecified atom stereocenters. The molecule has 0 aliphatic carbocycles. The van der Waals surface area contributed by atoms with Crippen LogP contribution < -0.4 is 20.5 Å². The lowest BCUT2D eigenvalue weighted by Gasteiger charge is -2.13. The second-order valence-electron chi connectivity index (χ2n) is 4.94. The van der Waals surface area contributed by atoms with Gasteiger partial charge in [-0.2, -0.15) is 0 Å². The van der Waals surface area contributed by atoms with Crippen LogP contribution in [0.4, 0.5) is 0 Å². The summed E-state index contributed by atoms with van der Waals surface area (Å²) in [5.41, 5.74) is 5.89. The van der Waals surface area contributed by atoms with E-state index in [2.05, 4.69) is 19.2 Å². The predicted octanol–water partition coefficient (Wildman–Crippen LogP) is 1.81. The molecule has 0 bridgehead atoms. The topological polar surface area (TPSA) is 73.6 Å². The van der Waals surface area contributed by atoms with Gasteiger partial charge in [0.15, 0.2) is 11.5 Å². The Morgan fingerprint density at radius 2 is 2.10 bits per heavy atom. The number of carbonyl (C=O) groups is 1. The Morgan fingerprint density at radius 3 is 2.70 bits per heavy atom. The van der Waals surface area contributed by atoms with Gasteiger partial charge in [0.25, 0.3) is 5.91 Å². The van der Waals surface area contributed by atoms with E-state index >= 15 is 0 Å². The van der Waals surface area contributed by atoms with Gasteiger partial charge in [-0.1, -0.05) is 13.8 Å². The quantitative estimate of drug-likeness (QED) is 0.761. The van der Waals surface area contributed by atoms with E-state index in [1.807, 2.05) is 0 Å². The Balaban J connectivity index is 2.72. The third kappa shape index (κ3) is 5.09. The number of hydrogen-bond acceptors (Lipinski definition) is 4. The standard InChI is InChI=1S/C15H24N2O3/c1-11(2)6-9-20-13-5-4-12(10-14(13)19-3)15(18)17-8-7-16/h4-5,10-11H,6-9,16H2,1-3H3,(H,17,18). The number of amides is 1. The molecule has 5 nitrogen and oxygen atoms in total. The highest BCUT2D eigenvalue weighted by atomic mass is 16.5. The fourth-order valence-electron chi connectivity index (χ4n) is 1.62. The molecule has 0 aliphatic rings. The van der Waals surface area contributed by atoms with Crippen LogP contribution in [0.15, 0.2) is 18.2 Å². The summed E-state index contributed by atoms with van der Waals surface area (Å²) in [6.45, 7) is 5.79. The summed E-state index contributed by atoms with van der Waals surface area (Å²) in [5.74, 6) is 1.64. The first kappa shape index (κ1) is 16.3. The summed E-state index contributed by atoms with van der Waals surface area (Å²) in [6.07, 6.45) is 0.974. The molecule has 0 atom stereocenters. The second kappa shape index (κ2) is 8.43. The van der Waals surface area contributed by atoms with Crippen molar-refractivity contribution in [1.29, 1.82) is 0 Å². The summed E-state index contributed by atoms with van der Waals surface area (Å²) in [6, 6.07) is 5.16. The Kier molecular flexibility index (Phi) is 6.87. The largest absolute Gasteiger partial charge is 0.493 e. The molecule has 5 heteroatoms. The Morgan fingerprint density at radius 1 is 1.35 bits per heavy atom. The van der Waals surface area contributed by atoms with Crippen LogP contribution in [0.2, 0.25) is 0 Å². The summed E-state index contributed by atoms with van der Waals surface area (Å²) in [5, 5.41) is 2.72. The molecule has 1 aromatic carbocycles. The molecule has 1 aromatic rings. The summed E-state index contributed by atoms with van der Waals surface area (Å²) in [4.78, 5) is 11.8. The van der Waals surface area contributed by atoms with E-state index in [0.717, 1.165) is 6.42 Å². The van der Waals surface area contributed by atoms with Crippen LogP contribution in [0.1, 0.15) is 30.6 Å². The molecule has 0 radical (unpaired) electrons. The van der Waals surface area contributed by atoms with E-state index in [1.54, 1.807) is 25.3 Å². The number of rotatable bonds is 8. The van der Waals surface area contributed by atoms with Crippen LogP contribution in [0.25, 0.3) is 0 Å². The first-order chi connectivity index (χ1) is 9.58. The van der Waals surface area contributed by atoms with Crippen LogP contribution in [-0.2, 0) is 0 Å². The molecule has 0 saturated carbocycles. The van der Waals surface area contributed by atoms with Crippen LogP contribution in [0.3, 0.4) is 0 Å². The van der Waals surface area contributed by atoms with Crippen molar-refractivity contribution in [1.82, 2.24) is 5.32 Å². The fourth-order valence-corrected chi connectivity index (χ4v) is 1.62. The van der Waals surface area contributed by atoms with Gasteiger partial charge in [0, 0.05) is 18.7 Å². The molecular formula is C15H24N2O3. The zero-order chi connectivity index (χ0) is 15.0. The fraction of sp³-hybridized carbons (Fsp3) is 0.533. The summed E-state index contributed by atoms with van der Waals surface area (Å²) >= 11 is 0. The maximum Gasteiger partial charge on any atom is 0.251 e. The molecule has 0 heterocycles. The predicted molar refractivity (Wildman–Crippen MR) is 79.3 cm³/mol. The van der Waals surface area contributed by atoms with Gasteiger partial charge in [-0.15, -0.1) is 0 Å². The van der Waals surface area contributed by atoms with Crippen molar-refractivity contribution in [3.05, 3.63) is 23.8 Å². The van der Waals surface area contributed by atoms with Crippen molar-refractivity contribution in [3.8, 4) is 11.5 Å². The normalized spacial score (nSPS) is 10.4. The van der Waals surface area contributed by atoms with Crippen molar-refractivity contribution in [2.24, 2.45) is 11.7 Å². The Labute approximate surface area is 120 Å². The maximum absolute atomic E-state index is 11.8. The highest BCUT2D eigenvalue weighted by Crippen LogP contribution is 2.28. The van der Waals surface area contributed by atoms with Crippen molar-refractivity contribution >= 4 is 5.91 Å². The second-order valence-corrected chi connectivity index (χ2v) is 4.94. The number of nitrogens with two attached hydrogens (primary N) is 1. The van der Waals surface area contributed by atoms with Gasteiger partial charge >= 0.3 is 0 Å². The van der Waals surface area contributed by atoms with Crippen LogP contribution in [0.5, 0.6) is 11.5 Å². The van der Waals surface area contributed by atoms with Crippen molar-refractivity contribution in [3.63, 3.8) is 0 Å². The number of ether oxygens (including phenoxy) is 2. The smallest absolute Gasteiger partial charge is 0.251 e. The number of carbonyl (C=O) groups excluding carboxylic acids is 1. The van der Waals surface area contributed by atoms with E-state index in [9.17, 15) is 4.79 Å². The third-order valence-corrected chi connectivity index (χ3v) is 2.81. The van der Waals surface area contributed by atoms with Crippen LogP contribution in [0, 0.1) is 5.92 Å². The number of hydrogen-bond donors (Lipinski definition) is 2. The molecule has 1 amide bonds. The van der Waals surface area contributed by atoms with Crippen LogP contribution >= 0.6 is 0 Å². The highest BCUT2D eigenvalue weighted by molar-refractivity contribution is 5.94. The minimum absolute atomic E-state index is 0.164. The lowest BCUT2D eigenvalue weighted by Crippen LogP contribution is -2.28. The van der Waals surface area contributed by atoms with Gasteiger partial charge in [-0.3, -0.25) is 4.79 Å². The van der Waals surface area contributed by atoms with E-state index in [0.29, 0.717) is 42.7 Å². The monoisotopic (exact) mass is 280 g/mol. The van der Waals surface area contributed by atoms with Crippen LogP contribution in [-0.4, -0.2) is 32.7 Å². The maximum atomic E-state index is 11.8. The molecule has 0 saturated heterocycles. The molecular weight excluding hydrogens is 256 g/mol. The lowest BCUT2D eigenvalue weighted by molar-refractivity contribution is 0.0954. The third-order valence-electron chi connectivity index (χ3n) is 2.81. The molecule has 0 aliphatic heterocycles. The van der Waals surface area contributed by atoms with Gasteiger partial charge in [-0.05, 0) is 30.5 Å². The molecule has 0 fully saturated rings. The first-order valence-corrected chi connectivity index (χ1v) is 6.87. The zero-order valence-corrected chi connectivity index (χ0v) is 12.4. The molecule has 20 heavy (non-hydrogen) atoms. The van der Waals surface area contributed by atoms with E-state index < -0.39 is 0 Å². The first-order valence-electron chi connectivity index (χ1n) is 6.87. The van der Waals surface area contributed by atoms with Gasteiger partial charge in [0.2, 0.25) is 0 Å². The van der Waals surface area contributed by atoms with Gasteiger partial charge in [-0.25, -0.2) is 0 Å². The minimum atomic E-state index is -0.164. The average molecular weight is 280 g/mol. The van der Waals surface area contributed by atoms with E-state index in [-0.39, 0.29) is 5.91 Å². The SMILES string of the molecule is COc1cc(C(=O)NCCN)ccc1OCCC(C)C. The summed E-state index contributed by atoms with van der Waals surface area (Å²) in [7, 11) is 1.56. The van der Waals surface area contributed by atoms with Gasteiger partial charge in [0.1, 0.15) is 0 Å². The van der Waals surface area contributed by atoms with E-state index in [1.165, 1.54) is 0 Å². The van der Waals surface area contributed by atoms with Gasteiger partial charge in [0.05, 0.1) is 13.7 Å². The number of methoxy groups -OCH3 is 1. The molecule has 0 aromatic heterocycles. The Bertz CT molecular complexity index is 433. The van der Waals surface area contributed by atoms with Gasteiger partial charge < -0.3 is 20.5 Å². The lowest BCUT2D eigenvalue weighted by atomic mass is 10.1. The highest BCUT2D eigenvalue weighted by Gasteiger charge is 2.10. The molecule has 1 rings (SSSR count). The van der Waals surface area contributed by atoms with Crippen molar-refractivity contribution in [2.45, 2.75) is 20.3 Å². The molecule has 112 valence electrons.